The molecule has 0 bridgehead atoms. The Kier molecular flexibility index (Phi) is 8.50. The molecule has 68 heavy (non-hydrogen) atoms. The van der Waals surface area contributed by atoms with Gasteiger partial charge in [0.15, 0.2) is 0 Å². The lowest BCUT2D eigenvalue weighted by atomic mass is 9.70. The predicted octanol–water partition coefficient (Wildman–Crippen LogP) is 17.7. The number of rotatable bonds is 7. The fourth-order valence-corrected chi connectivity index (χ4v) is 11.5. The molecule has 318 valence electrons. The van der Waals surface area contributed by atoms with E-state index in [4.69, 9.17) is 4.42 Å². The lowest BCUT2D eigenvalue weighted by Crippen LogP contribution is -2.26. The molecule has 3 nitrogen and oxygen atoms in total. The molecule has 12 aromatic rings. The molecule has 1 spiro atoms. The largest absolute Gasteiger partial charge is 0.456 e. The van der Waals surface area contributed by atoms with E-state index in [0.29, 0.717) is 0 Å². The molecule has 0 aliphatic heterocycles. The van der Waals surface area contributed by atoms with Crippen LogP contribution in [0.15, 0.2) is 259 Å². The summed E-state index contributed by atoms with van der Waals surface area (Å²) in [5, 5.41) is 4.67. The van der Waals surface area contributed by atoms with Gasteiger partial charge in [-0.1, -0.05) is 164 Å². The Labute approximate surface area is 395 Å². The highest BCUT2D eigenvalue weighted by atomic mass is 16.3. The molecule has 11 aromatic carbocycles. The van der Waals surface area contributed by atoms with Crippen molar-refractivity contribution >= 4 is 66.8 Å². The molecular formula is C65H42N2O. The van der Waals surface area contributed by atoms with Crippen LogP contribution in [-0.4, -0.2) is 0 Å². The third-order valence-corrected chi connectivity index (χ3v) is 14.4. The van der Waals surface area contributed by atoms with Gasteiger partial charge in [-0.2, -0.15) is 0 Å². The van der Waals surface area contributed by atoms with Crippen molar-refractivity contribution in [2.75, 3.05) is 9.80 Å². The zero-order valence-corrected chi connectivity index (χ0v) is 37.1. The van der Waals surface area contributed by atoms with Gasteiger partial charge in [0.05, 0.1) is 11.1 Å². The van der Waals surface area contributed by atoms with E-state index in [1.165, 1.54) is 66.4 Å². The first-order valence-electron chi connectivity index (χ1n) is 23.4. The van der Waals surface area contributed by atoms with E-state index in [2.05, 4.69) is 252 Å². The van der Waals surface area contributed by atoms with Gasteiger partial charge in [-0.3, -0.25) is 0 Å². The van der Waals surface area contributed by atoms with E-state index < -0.39 is 5.41 Å². The van der Waals surface area contributed by atoms with Gasteiger partial charge in [0.1, 0.15) is 11.2 Å². The number of hydrogen-bond donors (Lipinski definition) is 0. The average Bonchev–Trinajstić information content (AvgIpc) is 4.03. The van der Waals surface area contributed by atoms with Crippen LogP contribution in [-0.2, 0) is 5.41 Å². The van der Waals surface area contributed by atoms with Crippen LogP contribution in [0.1, 0.15) is 22.3 Å². The van der Waals surface area contributed by atoms with Gasteiger partial charge in [-0.05, 0) is 146 Å². The standard InChI is InChI=1S/C65H42N2O/c1-4-20-46(21-5-1)66(50-35-37-55-54-28-14-17-31-63(54)68-64(55)40-50)49-34-36-53-51-26-12-15-29-58(51)65(60(53)39-49)59-30-16-13-27-52(59)57-41-56(45-33-32-43-18-10-11-19-44(43)38-45)62(42-61(57)65)67(47-22-6-2-7-23-47)48-24-8-3-9-25-48/h1-42H. The van der Waals surface area contributed by atoms with Crippen LogP contribution in [0.2, 0.25) is 0 Å². The summed E-state index contributed by atoms with van der Waals surface area (Å²) in [5.74, 6) is 0. The molecule has 1 aromatic heterocycles. The normalized spacial score (nSPS) is 14.2. The van der Waals surface area contributed by atoms with Gasteiger partial charge in [0.2, 0.25) is 0 Å². The van der Waals surface area contributed by atoms with E-state index in [1.54, 1.807) is 0 Å². The summed E-state index contributed by atoms with van der Waals surface area (Å²) in [6.45, 7) is 0. The smallest absolute Gasteiger partial charge is 0.137 e. The third kappa shape index (κ3) is 5.66. The second-order valence-corrected chi connectivity index (χ2v) is 18.0. The summed E-state index contributed by atoms with van der Waals surface area (Å²) >= 11 is 0. The molecule has 0 saturated carbocycles. The van der Waals surface area contributed by atoms with Crippen molar-refractivity contribution in [3.8, 4) is 33.4 Å². The molecule has 0 N–H and O–H groups in total. The van der Waals surface area contributed by atoms with Gasteiger partial charge >= 0.3 is 0 Å². The highest BCUT2D eigenvalue weighted by Crippen LogP contribution is 2.65. The second kappa shape index (κ2) is 15.1. The summed E-state index contributed by atoms with van der Waals surface area (Å²) in [6, 6.07) is 93.3. The SMILES string of the molecule is c1ccc(N(c2ccc3c(c2)C2(c4ccccc4-3)c3ccccc3-c3cc(-c4ccc5ccccc5c4)c(N(c4ccccc4)c4ccccc4)cc32)c2ccc3c(c2)oc2ccccc23)cc1. The number of para-hydroxylation sites is 4. The van der Waals surface area contributed by atoms with Gasteiger partial charge in [0, 0.05) is 50.8 Å². The highest BCUT2D eigenvalue weighted by molar-refractivity contribution is 6.07. The van der Waals surface area contributed by atoms with Crippen molar-refractivity contribution in [3.05, 3.63) is 277 Å². The van der Waals surface area contributed by atoms with Crippen LogP contribution in [0.25, 0.3) is 66.1 Å². The van der Waals surface area contributed by atoms with Gasteiger partial charge < -0.3 is 14.2 Å². The van der Waals surface area contributed by atoms with Crippen molar-refractivity contribution in [3.63, 3.8) is 0 Å². The van der Waals surface area contributed by atoms with Crippen LogP contribution < -0.4 is 9.80 Å². The van der Waals surface area contributed by atoms with Crippen LogP contribution in [0.5, 0.6) is 0 Å². The molecule has 1 unspecified atom stereocenters. The monoisotopic (exact) mass is 866 g/mol. The van der Waals surface area contributed by atoms with E-state index in [9.17, 15) is 0 Å². The number of nitrogens with zero attached hydrogens (tertiary/aromatic N) is 2. The maximum Gasteiger partial charge on any atom is 0.137 e. The molecule has 3 heteroatoms. The van der Waals surface area contributed by atoms with E-state index in [1.807, 2.05) is 12.1 Å². The Morgan fingerprint density at radius 1 is 0.279 bits per heavy atom. The van der Waals surface area contributed by atoms with E-state index in [-0.39, 0.29) is 0 Å². The van der Waals surface area contributed by atoms with Gasteiger partial charge in [-0.15, -0.1) is 0 Å². The maximum absolute atomic E-state index is 6.51. The summed E-state index contributed by atoms with van der Waals surface area (Å²) in [7, 11) is 0. The predicted molar refractivity (Wildman–Crippen MR) is 282 cm³/mol. The number of fused-ring (bicyclic) bond motifs is 14. The summed E-state index contributed by atoms with van der Waals surface area (Å²) < 4.78 is 6.51. The fourth-order valence-electron chi connectivity index (χ4n) is 11.5. The highest BCUT2D eigenvalue weighted by Gasteiger charge is 2.52. The Hall–Kier alpha value is -8.92. The van der Waals surface area contributed by atoms with Gasteiger partial charge in [-0.25, -0.2) is 0 Å². The molecule has 14 rings (SSSR count). The van der Waals surface area contributed by atoms with Crippen LogP contribution in [0, 0.1) is 0 Å². The molecule has 2 aliphatic carbocycles. The molecule has 2 aliphatic rings. The van der Waals surface area contributed by atoms with Crippen molar-refractivity contribution < 1.29 is 4.42 Å². The second-order valence-electron chi connectivity index (χ2n) is 18.0. The van der Waals surface area contributed by atoms with Crippen molar-refractivity contribution in [1.82, 2.24) is 0 Å². The third-order valence-electron chi connectivity index (χ3n) is 14.4. The summed E-state index contributed by atoms with van der Waals surface area (Å²) in [6.07, 6.45) is 0. The zero-order chi connectivity index (χ0) is 44.8. The Morgan fingerprint density at radius 2 is 0.809 bits per heavy atom. The lowest BCUT2D eigenvalue weighted by molar-refractivity contribution is 0.669. The Bertz CT molecular complexity index is 3890. The first-order chi connectivity index (χ1) is 33.7. The minimum atomic E-state index is -0.630. The average molecular weight is 867 g/mol. The van der Waals surface area contributed by atoms with Crippen molar-refractivity contribution in [1.29, 1.82) is 0 Å². The number of furan rings is 1. The summed E-state index contributed by atoms with van der Waals surface area (Å²) in [5.41, 5.74) is 20.1. The maximum atomic E-state index is 6.51. The minimum absolute atomic E-state index is 0.630. The molecule has 0 saturated heterocycles. The van der Waals surface area contributed by atoms with Crippen LogP contribution in [0.3, 0.4) is 0 Å². The first kappa shape index (κ1) is 38.4. The van der Waals surface area contributed by atoms with Crippen molar-refractivity contribution in [2.24, 2.45) is 0 Å². The Balaban J connectivity index is 1.06. The number of hydrogen-bond acceptors (Lipinski definition) is 3. The molecule has 0 amide bonds. The van der Waals surface area contributed by atoms with Gasteiger partial charge in [0.25, 0.3) is 0 Å². The van der Waals surface area contributed by atoms with E-state index in [0.717, 1.165) is 56.1 Å². The topological polar surface area (TPSA) is 19.6 Å². The fraction of sp³-hybridized carbons (Fsp3) is 0.0154. The van der Waals surface area contributed by atoms with Crippen LogP contribution in [0.4, 0.5) is 34.1 Å². The molecule has 1 atom stereocenters. The molecule has 0 radical (unpaired) electrons. The molecule has 0 fully saturated rings. The number of benzene rings is 11. The van der Waals surface area contributed by atoms with Crippen LogP contribution >= 0.6 is 0 Å². The Morgan fingerprint density at radius 3 is 1.53 bits per heavy atom. The van der Waals surface area contributed by atoms with Crippen molar-refractivity contribution in [2.45, 2.75) is 5.41 Å². The quantitative estimate of drug-likeness (QED) is 0.159. The number of anilines is 6. The van der Waals surface area contributed by atoms with E-state index >= 15 is 0 Å². The molecular weight excluding hydrogens is 825 g/mol. The summed E-state index contributed by atoms with van der Waals surface area (Å²) in [4.78, 5) is 4.83. The first-order valence-corrected chi connectivity index (χ1v) is 23.4. The lowest BCUT2D eigenvalue weighted by Gasteiger charge is -2.34. The minimum Gasteiger partial charge on any atom is -0.456 e. The zero-order valence-electron chi connectivity index (χ0n) is 37.1. The molecule has 1 heterocycles.